The van der Waals surface area contributed by atoms with Crippen LogP contribution in [0.5, 0.6) is 0 Å². The van der Waals surface area contributed by atoms with E-state index < -0.39 is 0 Å². The molecule has 3 saturated carbocycles. The molecule has 14 heavy (non-hydrogen) atoms. The van der Waals surface area contributed by atoms with Crippen LogP contribution in [0.15, 0.2) is 18.5 Å². The Morgan fingerprint density at radius 2 is 1.57 bits per heavy atom. The van der Waals surface area contributed by atoms with Crippen molar-refractivity contribution < 1.29 is 0 Å². The molecule has 2 nitrogen and oxygen atoms in total. The third kappa shape index (κ3) is 1.17. The summed E-state index contributed by atoms with van der Waals surface area (Å²) in [6.07, 6.45) is 11.9. The summed E-state index contributed by atoms with van der Waals surface area (Å²) in [5, 5.41) is 0. The number of hydrogen-bond acceptors (Lipinski definition) is 2. The molecule has 0 spiro atoms. The zero-order valence-electron chi connectivity index (χ0n) is 8.45. The van der Waals surface area contributed by atoms with Crippen LogP contribution in [0.4, 0.5) is 0 Å². The molecule has 1 aromatic heterocycles. The van der Waals surface area contributed by atoms with Gasteiger partial charge in [0, 0.05) is 17.8 Å². The fourth-order valence-corrected chi connectivity index (χ4v) is 3.16. The minimum absolute atomic E-state index is 0.357. The summed E-state index contributed by atoms with van der Waals surface area (Å²) in [6, 6.07) is 1.91. The van der Waals surface area contributed by atoms with Gasteiger partial charge in [-0.1, -0.05) is 0 Å². The summed E-state index contributed by atoms with van der Waals surface area (Å²) < 4.78 is 0. The van der Waals surface area contributed by atoms with Gasteiger partial charge >= 0.3 is 0 Å². The van der Waals surface area contributed by atoms with Crippen LogP contribution >= 0.6 is 0 Å². The molecule has 0 atom stereocenters. The second-order valence-electron chi connectivity index (χ2n) is 4.83. The van der Waals surface area contributed by atoms with E-state index in [1.54, 1.807) is 0 Å². The highest BCUT2D eigenvalue weighted by Gasteiger charge is 2.43. The Labute approximate surface area is 84.8 Å². The largest absolute Gasteiger partial charge is 0.241 e. The van der Waals surface area contributed by atoms with Crippen molar-refractivity contribution in [3.63, 3.8) is 0 Å². The minimum Gasteiger partial charge on any atom is -0.241 e. The molecule has 0 N–H and O–H groups in total. The Bertz CT molecular complexity index is 299. The van der Waals surface area contributed by atoms with Gasteiger partial charge in [-0.25, -0.2) is 9.97 Å². The number of aromatic nitrogens is 2. The molecule has 0 aliphatic heterocycles. The van der Waals surface area contributed by atoms with Crippen molar-refractivity contribution >= 4 is 0 Å². The average molecular weight is 188 g/mol. The van der Waals surface area contributed by atoms with Crippen LogP contribution in [0, 0.1) is 5.92 Å². The van der Waals surface area contributed by atoms with Crippen molar-refractivity contribution in [3.8, 4) is 0 Å². The SMILES string of the molecule is c1cnc(C23CCC(CC2)CC3)nc1. The van der Waals surface area contributed by atoms with E-state index in [-0.39, 0.29) is 0 Å². The molecule has 3 fully saturated rings. The molecule has 74 valence electrons. The maximum atomic E-state index is 4.46. The molecular weight excluding hydrogens is 172 g/mol. The molecule has 0 unspecified atom stereocenters. The van der Waals surface area contributed by atoms with Gasteiger partial charge in [0.15, 0.2) is 0 Å². The predicted molar refractivity (Wildman–Crippen MR) is 54.9 cm³/mol. The van der Waals surface area contributed by atoms with Gasteiger partial charge in [0.2, 0.25) is 0 Å². The summed E-state index contributed by atoms with van der Waals surface area (Å²) in [5.41, 5.74) is 0.357. The lowest BCUT2D eigenvalue weighted by Crippen LogP contribution is -2.38. The topological polar surface area (TPSA) is 25.8 Å². The first-order valence-corrected chi connectivity index (χ1v) is 5.67. The second-order valence-corrected chi connectivity index (χ2v) is 4.83. The predicted octanol–water partition coefficient (Wildman–Crippen LogP) is 2.70. The van der Waals surface area contributed by atoms with Crippen LogP contribution < -0.4 is 0 Å². The van der Waals surface area contributed by atoms with Crippen LogP contribution in [0.1, 0.15) is 44.3 Å². The molecule has 3 aliphatic carbocycles. The molecule has 0 aromatic carbocycles. The van der Waals surface area contributed by atoms with Gasteiger partial charge in [0.1, 0.15) is 5.82 Å². The van der Waals surface area contributed by atoms with Crippen molar-refractivity contribution in [2.24, 2.45) is 5.92 Å². The molecule has 4 rings (SSSR count). The van der Waals surface area contributed by atoms with Crippen LogP contribution in [-0.4, -0.2) is 9.97 Å². The lowest BCUT2D eigenvalue weighted by molar-refractivity contribution is 0.128. The summed E-state index contributed by atoms with van der Waals surface area (Å²) in [4.78, 5) is 8.92. The van der Waals surface area contributed by atoms with E-state index in [4.69, 9.17) is 0 Å². The Morgan fingerprint density at radius 1 is 1.00 bits per heavy atom. The van der Waals surface area contributed by atoms with Crippen molar-refractivity contribution in [1.82, 2.24) is 9.97 Å². The summed E-state index contributed by atoms with van der Waals surface area (Å²) in [6.45, 7) is 0. The third-order valence-corrected chi connectivity index (χ3v) is 4.13. The lowest BCUT2D eigenvalue weighted by Gasteiger charge is -2.45. The van der Waals surface area contributed by atoms with Gasteiger partial charge in [-0.2, -0.15) is 0 Å². The van der Waals surface area contributed by atoms with Crippen molar-refractivity contribution in [2.75, 3.05) is 0 Å². The zero-order chi connectivity index (χ0) is 9.43. The van der Waals surface area contributed by atoms with Crippen LogP contribution in [-0.2, 0) is 5.41 Å². The summed E-state index contributed by atoms with van der Waals surface area (Å²) in [5.74, 6) is 2.12. The van der Waals surface area contributed by atoms with Crippen molar-refractivity contribution in [3.05, 3.63) is 24.3 Å². The molecule has 2 heteroatoms. The Morgan fingerprint density at radius 3 is 2.14 bits per heavy atom. The quantitative estimate of drug-likeness (QED) is 0.677. The monoisotopic (exact) mass is 188 g/mol. The molecular formula is C12H16N2. The van der Waals surface area contributed by atoms with Gasteiger partial charge in [0.05, 0.1) is 0 Å². The van der Waals surface area contributed by atoms with E-state index in [9.17, 15) is 0 Å². The highest BCUT2D eigenvalue weighted by atomic mass is 14.9. The first-order chi connectivity index (χ1) is 6.89. The minimum atomic E-state index is 0.357. The molecule has 2 bridgehead atoms. The molecule has 3 aliphatic rings. The molecule has 0 radical (unpaired) electrons. The van der Waals surface area contributed by atoms with Gasteiger partial charge in [-0.3, -0.25) is 0 Å². The number of rotatable bonds is 1. The molecule has 1 aromatic rings. The highest BCUT2D eigenvalue weighted by Crippen LogP contribution is 2.50. The number of hydrogen-bond donors (Lipinski definition) is 0. The van der Waals surface area contributed by atoms with Crippen LogP contribution in [0.25, 0.3) is 0 Å². The van der Waals surface area contributed by atoms with Crippen molar-refractivity contribution in [1.29, 1.82) is 0 Å². The lowest BCUT2D eigenvalue weighted by atomic mass is 9.60. The van der Waals surface area contributed by atoms with Gasteiger partial charge in [0.25, 0.3) is 0 Å². The second kappa shape index (κ2) is 3.04. The molecule has 1 heterocycles. The number of fused-ring (bicyclic) bond motifs is 3. The van der Waals surface area contributed by atoms with E-state index in [2.05, 4.69) is 9.97 Å². The standard InChI is InChI=1S/C12H16N2/c1-8-13-11(14-9-1)12-5-2-10(3-6-12)4-7-12/h1,8-10H,2-7H2. The normalized spacial score (nSPS) is 35.9. The van der Waals surface area contributed by atoms with Crippen molar-refractivity contribution in [2.45, 2.75) is 43.9 Å². The van der Waals surface area contributed by atoms with E-state index in [1.165, 1.54) is 38.5 Å². The molecule has 0 amide bonds. The fourth-order valence-electron chi connectivity index (χ4n) is 3.16. The Balaban J connectivity index is 1.96. The first kappa shape index (κ1) is 8.39. The maximum absolute atomic E-state index is 4.46. The third-order valence-electron chi connectivity index (χ3n) is 4.13. The Kier molecular flexibility index (Phi) is 1.82. The first-order valence-electron chi connectivity index (χ1n) is 5.67. The van der Waals surface area contributed by atoms with Gasteiger partial charge in [-0.15, -0.1) is 0 Å². The van der Waals surface area contributed by atoms with E-state index in [0.717, 1.165) is 11.7 Å². The van der Waals surface area contributed by atoms with Crippen LogP contribution in [0.3, 0.4) is 0 Å². The van der Waals surface area contributed by atoms with E-state index in [1.807, 2.05) is 18.5 Å². The van der Waals surface area contributed by atoms with Gasteiger partial charge in [-0.05, 0) is 50.5 Å². The average Bonchev–Trinajstić information content (AvgIpc) is 2.33. The fraction of sp³-hybridized carbons (Fsp3) is 0.667. The van der Waals surface area contributed by atoms with Gasteiger partial charge < -0.3 is 0 Å². The van der Waals surface area contributed by atoms with Crippen LogP contribution in [0.2, 0.25) is 0 Å². The van der Waals surface area contributed by atoms with E-state index in [0.29, 0.717) is 5.41 Å². The molecule has 0 saturated heterocycles. The maximum Gasteiger partial charge on any atom is 0.134 e. The smallest absolute Gasteiger partial charge is 0.134 e. The van der Waals surface area contributed by atoms with E-state index >= 15 is 0 Å². The summed E-state index contributed by atoms with van der Waals surface area (Å²) in [7, 11) is 0. The number of nitrogens with zero attached hydrogens (tertiary/aromatic N) is 2. The Hall–Kier alpha value is -0.920. The zero-order valence-corrected chi connectivity index (χ0v) is 8.45. The highest BCUT2D eigenvalue weighted by molar-refractivity contribution is 5.12. The summed E-state index contributed by atoms with van der Waals surface area (Å²) >= 11 is 0.